The topological polar surface area (TPSA) is 38.1 Å². The monoisotopic (exact) mass is 226 g/mol. The van der Waals surface area contributed by atoms with E-state index in [2.05, 4.69) is 10.3 Å². The zero-order chi connectivity index (χ0) is 11.6. The molecule has 3 nitrogen and oxygen atoms in total. The third kappa shape index (κ3) is 2.82. The highest BCUT2D eigenvalue weighted by Crippen LogP contribution is 2.25. The van der Waals surface area contributed by atoms with Crippen LogP contribution in [0, 0.1) is 0 Å². The first-order chi connectivity index (χ1) is 7.55. The first-order valence-corrected chi connectivity index (χ1v) is 5.93. The summed E-state index contributed by atoms with van der Waals surface area (Å²) in [6.45, 7) is 4.03. The fourth-order valence-electron chi connectivity index (χ4n) is 1.99. The Morgan fingerprint density at radius 1 is 1.56 bits per heavy atom. The van der Waals surface area contributed by atoms with E-state index in [0.29, 0.717) is 17.7 Å². The highest BCUT2D eigenvalue weighted by atomic mass is 19.1. The van der Waals surface area contributed by atoms with E-state index in [1.54, 1.807) is 0 Å². The van der Waals surface area contributed by atoms with Crippen molar-refractivity contribution >= 4 is 0 Å². The second-order valence-electron chi connectivity index (χ2n) is 4.94. The molecule has 16 heavy (non-hydrogen) atoms. The van der Waals surface area contributed by atoms with Crippen LogP contribution >= 0.6 is 0 Å². The minimum absolute atomic E-state index is 0.318. The molecule has 1 aliphatic heterocycles. The molecule has 2 rings (SSSR count). The van der Waals surface area contributed by atoms with Gasteiger partial charge in [0, 0.05) is 12.5 Å². The van der Waals surface area contributed by atoms with Crippen molar-refractivity contribution in [2.45, 2.75) is 51.2 Å². The van der Waals surface area contributed by atoms with E-state index in [0.717, 1.165) is 19.4 Å². The molecular weight excluding hydrogens is 207 g/mol. The maximum atomic E-state index is 13.6. The van der Waals surface area contributed by atoms with Gasteiger partial charge in [0.15, 0.2) is 17.3 Å². The van der Waals surface area contributed by atoms with E-state index in [1.807, 2.05) is 0 Å². The van der Waals surface area contributed by atoms with Gasteiger partial charge in [0.25, 0.3) is 0 Å². The van der Waals surface area contributed by atoms with Crippen LogP contribution in [0.15, 0.2) is 10.6 Å². The number of nitrogens with one attached hydrogen (secondary N) is 1. The van der Waals surface area contributed by atoms with Crippen molar-refractivity contribution in [3.8, 4) is 0 Å². The molecule has 1 aliphatic rings. The molecule has 4 heteroatoms. The predicted octanol–water partition coefficient (Wildman–Crippen LogP) is 2.56. The van der Waals surface area contributed by atoms with E-state index < -0.39 is 5.67 Å². The normalized spacial score (nSPS) is 22.3. The van der Waals surface area contributed by atoms with Gasteiger partial charge in [-0.25, -0.2) is 9.37 Å². The van der Waals surface area contributed by atoms with Crippen molar-refractivity contribution in [1.29, 1.82) is 0 Å². The average molecular weight is 226 g/mol. The number of nitrogens with zero attached hydrogens (tertiary/aromatic N) is 1. The molecule has 1 fully saturated rings. The first-order valence-electron chi connectivity index (χ1n) is 5.93. The Kier molecular flexibility index (Phi) is 3.28. The van der Waals surface area contributed by atoms with E-state index in [1.165, 1.54) is 32.9 Å². The van der Waals surface area contributed by atoms with Crippen LogP contribution < -0.4 is 5.32 Å². The van der Waals surface area contributed by atoms with Gasteiger partial charge in [-0.05, 0) is 33.2 Å². The first kappa shape index (κ1) is 11.6. The Balaban J connectivity index is 1.97. The number of hydrogen-bond acceptors (Lipinski definition) is 3. The highest BCUT2D eigenvalue weighted by Gasteiger charge is 2.25. The molecule has 1 N–H and O–H groups in total. The van der Waals surface area contributed by atoms with Crippen LogP contribution in [0.3, 0.4) is 0 Å². The van der Waals surface area contributed by atoms with Gasteiger partial charge >= 0.3 is 0 Å². The second-order valence-corrected chi connectivity index (χ2v) is 4.94. The Hall–Kier alpha value is -0.900. The second kappa shape index (κ2) is 4.53. The van der Waals surface area contributed by atoms with E-state index in [4.69, 9.17) is 4.42 Å². The van der Waals surface area contributed by atoms with Crippen molar-refractivity contribution < 1.29 is 8.81 Å². The van der Waals surface area contributed by atoms with Crippen LogP contribution in [0.25, 0.3) is 0 Å². The van der Waals surface area contributed by atoms with E-state index in [9.17, 15) is 4.39 Å². The zero-order valence-corrected chi connectivity index (χ0v) is 9.92. The fourth-order valence-corrected chi connectivity index (χ4v) is 1.99. The van der Waals surface area contributed by atoms with Gasteiger partial charge in [-0.3, -0.25) is 0 Å². The van der Waals surface area contributed by atoms with Crippen LogP contribution in [0.4, 0.5) is 4.39 Å². The summed E-state index contributed by atoms with van der Waals surface area (Å²) in [5, 5.41) is 3.42. The Bertz CT molecular complexity index is 337. The molecule has 1 aromatic heterocycles. The van der Waals surface area contributed by atoms with E-state index >= 15 is 0 Å². The van der Waals surface area contributed by atoms with Crippen molar-refractivity contribution in [2.24, 2.45) is 0 Å². The zero-order valence-electron chi connectivity index (χ0n) is 9.92. The number of oxazole rings is 1. The molecule has 90 valence electrons. The lowest BCUT2D eigenvalue weighted by Gasteiger charge is -2.21. The number of rotatable bonds is 3. The van der Waals surface area contributed by atoms with Crippen molar-refractivity contribution in [2.75, 3.05) is 6.54 Å². The smallest absolute Gasteiger partial charge is 0.196 e. The predicted molar refractivity (Wildman–Crippen MR) is 60.0 cm³/mol. The molecule has 0 aliphatic carbocycles. The molecule has 0 spiro atoms. The number of halogens is 1. The number of aromatic nitrogens is 1. The summed E-state index contributed by atoms with van der Waals surface area (Å²) < 4.78 is 19.0. The number of alkyl halides is 1. The fraction of sp³-hybridized carbons (Fsp3) is 0.750. The molecule has 1 aromatic rings. The van der Waals surface area contributed by atoms with Gasteiger partial charge < -0.3 is 9.73 Å². The number of piperidine rings is 1. The molecule has 0 radical (unpaired) electrons. The molecule has 2 heterocycles. The van der Waals surface area contributed by atoms with Crippen LogP contribution in [-0.4, -0.2) is 17.6 Å². The van der Waals surface area contributed by atoms with Crippen LogP contribution in [0.1, 0.15) is 44.8 Å². The SMILES string of the molecule is CC(C)(F)c1cnc(CC2CCCCN2)o1. The van der Waals surface area contributed by atoms with Crippen molar-refractivity contribution in [1.82, 2.24) is 10.3 Å². The summed E-state index contributed by atoms with van der Waals surface area (Å²) in [5.41, 5.74) is -1.44. The lowest BCUT2D eigenvalue weighted by atomic mass is 10.0. The van der Waals surface area contributed by atoms with Gasteiger partial charge in [0.1, 0.15) is 0 Å². The third-order valence-corrected chi connectivity index (χ3v) is 2.97. The molecule has 0 bridgehead atoms. The van der Waals surface area contributed by atoms with E-state index in [-0.39, 0.29) is 0 Å². The van der Waals surface area contributed by atoms with Gasteiger partial charge in [-0.1, -0.05) is 6.42 Å². The van der Waals surface area contributed by atoms with Crippen LogP contribution in [-0.2, 0) is 12.1 Å². The molecule has 0 aromatic carbocycles. The number of hydrogen-bond donors (Lipinski definition) is 1. The van der Waals surface area contributed by atoms with Crippen LogP contribution in [0.5, 0.6) is 0 Å². The lowest BCUT2D eigenvalue weighted by molar-refractivity contribution is 0.174. The quantitative estimate of drug-likeness (QED) is 0.860. The summed E-state index contributed by atoms with van der Waals surface area (Å²) in [6, 6.07) is 0.433. The molecule has 1 atom stereocenters. The Labute approximate surface area is 95.4 Å². The minimum atomic E-state index is -1.44. The minimum Gasteiger partial charge on any atom is -0.442 e. The van der Waals surface area contributed by atoms with Gasteiger partial charge in [0.2, 0.25) is 0 Å². The van der Waals surface area contributed by atoms with Gasteiger partial charge in [-0.2, -0.15) is 0 Å². The lowest BCUT2D eigenvalue weighted by Crippen LogP contribution is -2.35. The van der Waals surface area contributed by atoms with Crippen molar-refractivity contribution in [3.63, 3.8) is 0 Å². The summed E-state index contributed by atoms with van der Waals surface area (Å²) in [4.78, 5) is 4.13. The van der Waals surface area contributed by atoms with Gasteiger partial charge in [0.05, 0.1) is 6.20 Å². The Morgan fingerprint density at radius 3 is 2.94 bits per heavy atom. The van der Waals surface area contributed by atoms with Crippen LogP contribution in [0.2, 0.25) is 0 Å². The molecule has 1 saturated heterocycles. The summed E-state index contributed by atoms with van der Waals surface area (Å²) in [5.74, 6) is 0.957. The average Bonchev–Trinajstić information content (AvgIpc) is 2.67. The summed E-state index contributed by atoms with van der Waals surface area (Å²) in [6.07, 6.45) is 5.90. The molecule has 0 saturated carbocycles. The highest BCUT2D eigenvalue weighted by molar-refractivity contribution is 5.04. The Morgan fingerprint density at radius 2 is 2.38 bits per heavy atom. The maximum absolute atomic E-state index is 13.6. The maximum Gasteiger partial charge on any atom is 0.196 e. The molecule has 0 amide bonds. The molecular formula is C12H19FN2O. The largest absolute Gasteiger partial charge is 0.442 e. The van der Waals surface area contributed by atoms with Crippen molar-refractivity contribution in [3.05, 3.63) is 17.8 Å². The summed E-state index contributed by atoms with van der Waals surface area (Å²) in [7, 11) is 0. The standard InChI is InChI=1S/C12H19FN2O/c1-12(2,13)10-8-15-11(16-10)7-9-5-3-4-6-14-9/h8-9,14H,3-7H2,1-2H3. The summed E-state index contributed by atoms with van der Waals surface area (Å²) >= 11 is 0. The third-order valence-electron chi connectivity index (χ3n) is 2.97. The van der Waals surface area contributed by atoms with Gasteiger partial charge in [-0.15, -0.1) is 0 Å². The molecule has 1 unspecified atom stereocenters.